The van der Waals surface area contributed by atoms with E-state index in [1.165, 1.54) is 6.92 Å². The number of carbonyl (C=O) groups excluding carboxylic acids is 1. The Labute approximate surface area is 117 Å². The van der Waals surface area contributed by atoms with Crippen LogP contribution in [0.1, 0.15) is 49.3 Å². The minimum absolute atomic E-state index is 0.0848. The molecule has 0 saturated heterocycles. The molecule has 20 heavy (non-hydrogen) atoms. The Hall–Kier alpha value is -2.11. The Morgan fingerprint density at radius 3 is 2.90 bits per heavy atom. The zero-order chi connectivity index (χ0) is 14.5. The van der Waals surface area contributed by atoms with E-state index in [0.717, 1.165) is 18.4 Å². The molecule has 0 bridgehead atoms. The van der Waals surface area contributed by atoms with Crippen molar-refractivity contribution >= 4 is 5.78 Å². The molecule has 0 N–H and O–H groups in total. The molecule has 2 aromatic rings. The molecule has 2 rings (SSSR count). The highest BCUT2D eigenvalue weighted by Gasteiger charge is 2.15. The van der Waals surface area contributed by atoms with Crippen molar-refractivity contribution in [1.29, 1.82) is 0 Å². The predicted molar refractivity (Wildman–Crippen MR) is 72.9 cm³/mol. The molecule has 6 heteroatoms. The first kappa shape index (κ1) is 14.3. The summed E-state index contributed by atoms with van der Waals surface area (Å²) in [5.74, 6) is 0.468. The molecule has 2 heterocycles. The fourth-order valence-corrected chi connectivity index (χ4v) is 1.80. The maximum atomic E-state index is 11.5. The van der Waals surface area contributed by atoms with Crippen LogP contribution in [0.3, 0.4) is 0 Å². The van der Waals surface area contributed by atoms with E-state index in [2.05, 4.69) is 10.3 Å². The summed E-state index contributed by atoms with van der Waals surface area (Å²) in [5.41, 5.74) is 1.43. The van der Waals surface area contributed by atoms with Gasteiger partial charge in [0, 0.05) is 18.5 Å². The Morgan fingerprint density at radius 2 is 2.30 bits per heavy atom. The van der Waals surface area contributed by atoms with Gasteiger partial charge < -0.3 is 9.26 Å². The number of carbonyl (C=O) groups is 1. The average molecular weight is 277 g/mol. The largest absolute Gasteiger partial charge is 0.489 e. The van der Waals surface area contributed by atoms with Crippen LogP contribution in [0.2, 0.25) is 0 Å². The quantitative estimate of drug-likeness (QED) is 0.575. The lowest BCUT2D eigenvalue weighted by molar-refractivity contribution is 0.100. The molecule has 0 radical (unpaired) electrons. The third-order valence-corrected chi connectivity index (χ3v) is 2.91. The SMILES string of the molecule is CC(=O)c1nn(C(C)C)cc1OCCCc1cnoc1. The minimum Gasteiger partial charge on any atom is -0.489 e. The standard InChI is InChI=1S/C14H19N3O3/c1-10(2)17-8-13(14(16-17)11(3)18)19-6-4-5-12-7-15-20-9-12/h7-10H,4-6H2,1-3H3. The van der Waals surface area contributed by atoms with Gasteiger partial charge in [0.2, 0.25) is 0 Å². The fourth-order valence-electron chi connectivity index (χ4n) is 1.80. The first-order chi connectivity index (χ1) is 9.58. The Kier molecular flexibility index (Phi) is 4.55. The van der Waals surface area contributed by atoms with Crippen LogP contribution in [0.15, 0.2) is 23.2 Å². The second-order valence-corrected chi connectivity index (χ2v) is 4.96. The number of hydrogen-bond donors (Lipinski definition) is 0. The van der Waals surface area contributed by atoms with Crippen LogP contribution in [0.5, 0.6) is 5.75 Å². The van der Waals surface area contributed by atoms with Gasteiger partial charge in [-0.2, -0.15) is 5.10 Å². The van der Waals surface area contributed by atoms with E-state index in [4.69, 9.17) is 9.26 Å². The monoisotopic (exact) mass is 277 g/mol. The average Bonchev–Trinajstić information content (AvgIpc) is 3.04. The summed E-state index contributed by atoms with van der Waals surface area (Å²) < 4.78 is 12.2. The van der Waals surface area contributed by atoms with E-state index in [0.29, 0.717) is 18.1 Å². The molecule has 0 fully saturated rings. The number of hydrogen-bond acceptors (Lipinski definition) is 5. The second-order valence-electron chi connectivity index (χ2n) is 4.96. The van der Waals surface area contributed by atoms with Gasteiger partial charge in [-0.3, -0.25) is 9.48 Å². The molecule has 0 saturated carbocycles. The summed E-state index contributed by atoms with van der Waals surface area (Å²) in [6, 6.07) is 0.197. The Balaban J connectivity index is 1.92. The molecule has 0 unspecified atom stereocenters. The molecule has 0 atom stereocenters. The van der Waals surface area contributed by atoms with Gasteiger partial charge in [0.05, 0.1) is 19.0 Å². The maximum absolute atomic E-state index is 11.5. The van der Waals surface area contributed by atoms with Gasteiger partial charge >= 0.3 is 0 Å². The molecule has 0 aliphatic heterocycles. The third-order valence-electron chi connectivity index (χ3n) is 2.91. The summed E-state index contributed by atoms with van der Waals surface area (Å²) in [6.45, 7) is 6.03. The van der Waals surface area contributed by atoms with Gasteiger partial charge in [-0.1, -0.05) is 5.16 Å². The van der Waals surface area contributed by atoms with Crippen molar-refractivity contribution in [3.8, 4) is 5.75 Å². The highest BCUT2D eigenvalue weighted by Crippen LogP contribution is 2.20. The highest BCUT2D eigenvalue weighted by atomic mass is 16.5. The molecule has 108 valence electrons. The van der Waals surface area contributed by atoms with Crippen LogP contribution < -0.4 is 4.74 Å². The molecule has 0 aliphatic rings. The summed E-state index contributed by atoms with van der Waals surface area (Å²) in [4.78, 5) is 11.5. The maximum Gasteiger partial charge on any atom is 0.183 e. The number of nitrogens with zero attached hydrogens (tertiary/aromatic N) is 3. The smallest absolute Gasteiger partial charge is 0.183 e. The molecule has 2 aromatic heterocycles. The Morgan fingerprint density at radius 1 is 1.50 bits per heavy atom. The summed E-state index contributed by atoms with van der Waals surface area (Å²) in [5, 5.41) is 7.90. The van der Waals surface area contributed by atoms with E-state index in [-0.39, 0.29) is 11.8 Å². The van der Waals surface area contributed by atoms with Crippen LogP contribution in [-0.2, 0) is 6.42 Å². The van der Waals surface area contributed by atoms with Gasteiger partial charge in [0.1, 0.15) is 6.26 Å². The van der Waals surface area contributed by atoms with Crippen molar-refractivity contribution in [2.45, 2.75) is 39.7 Å². The normalized spacial score (nSPS) is 11.0. The van der Waals surface area contributed by atoms with Crippen molar-refractivity contribution in [1.82, 2.24) is 14.9 Å². The van der Waals surface area contributed by atoms with Crippen LogP contribution in [0.25, 0.3) is 0 Å². The molecule has 0 aliphatic carbocycles. The molecule has 6 nitrogen and oxygen atoms in total. The van der Waals surface area contributed by atoms with Crippen LogP contribution in [0, 0.1) is 0 Å². The zero-order valence-corrected chi connectivity index (χ0v) is 12.0. The zero-order valence-electron chi connectivity index (χ0n) is 12.0. The number of rotatable bonds is 7. The van der Waals surface area contributed by atoms with E-state index >= 15 is 0 Å². The van der Waals surface area contributed by atoms with Gasteiger partial charge in [0.15, 0.2) is 17.2 Å². The van der Waals surface area contributed by atoms with Gasteiger partial charge in [-0.15, -0.1) is 0 Å². The van der Waals surface area contributed by atoms with Crippen LogP contribution in [-0.4, -0.2) is 27.3 Å². The van der Waals surface area contributed by atoms with Crippen molar-refractivity contribution in [2.24, 2.45) is 0 Å². The Bertz CT molecular complexity index is 558. The van der Waals surface area contributed by atoms with Gasteiger partial charge in [-0.25, -0.2) is 0 Å². The highest BCUT2D eigenvalue weighted by molar-refractivity contribution is 5.94. The van der Waals surface area contributed by atoms with Crippen molar-refractivity contribution in [3.05, 3.63) is 29.9 Å². The lowest BCUT2D eigenvalue weighted by Crippen LogP contribution is -2.04. The molecular formula is C14H19N3O3. The number of aromatic nitrogens is 3. The number of ketones is 1. The topological polar surface area (TPSA) is 70.2 Å². The fraction of sp³-hybridized carbons (Fsp3) is 0.500. The molecule has 0 amide bonds. The summed E-state index contributed by atoms with van der Waals surface area (Å²) >= 11 is 0. The van der Waals surface area contributed by atoms with Crippen LogP contribution in [0.4, 0.5) is 0 Å². The second kappa shape index (κ2) is 6.36. The van der Waals surface area contributed by atoms with Gasteiger partial charge in [-0.05, 0) is 26.7 Å². The van der Waals surface area contributed by atoms with Gasteiger partial charge in [0.25, 0.3) is 0 Å². The number of ether oxygens (including phenoxy) is 1. The van der Waals surface area contributed by atoms with Crippen molar-refractivity contribution in [3.63, 3.8) is 0 Å². The van der Waals surface area contributed by atoms with E-state index in [9.17, 15) is 4.79 Å². The summed E-state index contributed by atoms with van der Waals surface area (Å²) in [6.07, 6.45) is 6.75. The molecule has 0 aromatic carbocycles. The third kappa shape index (κ3) is 3.46. The van der Waals surface area contributed by atoms with Crippen molar-refractivity contribution < 1.29 is 14.1 Å². The number of Topliss-reactive ketones (excluding diaryl/α,β-unsaturated/α-hetero) is 1. The van der Waals surface area contributed by atoms with Crippen molar-refractivity contribution in [2.75, 3.05) is 6.61 Å². The van der Waals surface area contributed by atoms with E-state index in [1.807, 2.05) is 13.8 Å². The first-order valence-electron chi connectivity index (χ1n) is 6.69. The van der Waals surface area contributed by atoms with Crippen LogP contribution >= 0.6 is 0 Å². The van der Waals surface area contributed by atoms with E-state index in [1.54, 1.807) is 23.3 Å². The lowest BCUT2D eigenvalue weighted by atomic mass is 10.2. The minimum atomic E-state index is -0.0848. The lowest BCUT2D eigenvalue weighted by Gasteiger charge is -2.04. The van der Waals surface area contributed by atoms with E-state index < -0.39 is 0 Å². The predicted octanol–water partition coefficient (Wildman–Crippen LogP) is 2.67. The number of aryl methyl sites for hydroxylation is 1. The summed E-state index contributed by atoms with van der Waals surface area (Å²) in [7, 11) is 0. The molecule has 0 spiro atoms. The first-order valence-corrected chi connectivity index (χ1v) is 6.69. The molecular weight excluding hydrogens is 258 g/mol.